The van der Waals surface area contributed by atoms with Gasteiger partial charge in [-0.1, -0.05) is 6.42 Å². The Labute approximate surface area is 215 Å². The van der Waals surface area contributed by atoms with Gasteiger partial charge in [0.25, 0.3) is 0 Å². The molecule has 3 amide bonds. The molecular formula is C19H36N5O5SY-. The largest absolute Gasteiger partial charge is 0.481 e. The minimum Gasteiger partial charge on any atom is -0.481 e. The molecule has 10 nitrogen and oxygen atoms in total. The minimum absolute atomic E-state index is 0. The quantitative estimate of drug-likeness (QED) is 0.0421. The molecule has 0 bridgehead atoms. The molecule has 0 saturated carbocycles. The van der Waals surface area contributed by atoms with Crippen molar-refractivity contribution in [2.75, 3.05) is 25.4 Å². The molecule has 2 atom stereocenters. The van der Waals surface area contributed by atoms with Crippen LogP contribution in [0.4, 0.5) is 4.79 Å². The molecule has 0 aliphatic carbocycles. The summed E-state index contributed by atoms with van der Waals surface area (Å²) in [7, 11) is 3.57. The van der Waals surface area contributed by atoms with Gasteiger partial charge in [0.05, 0.1) is 6.04 Å². The molecule has 31 heavy (non-hydrogen) atoms. The summed E-state index contributed by atoms with van der Waals surface area (Å²) < 4.78 is 0. The Balaban J connectivity index is 0. The summed E-state index contributed by atoms with van der Waals surface area (Å²) in [6, 6.07) is -1.24. The predicted molar refractivity (Wildman–Crippen MR) is 118 cm³/mol. The van der Waals surface area contributed by atoms with E-state index in [1.165, 1.54) is 0 Å². The number of hydrogen-bond donors (Lipinski definition) is 7. The number of hydrogen-bond acceptors (Lipinski definition) is 7. The standard InChI is InChI=1S/C19H36N5O5S.Y/c1-20-10-6-3-7-15(14-30)18(28)21-11-4-2-5-12-22-19(29)24-23-16(13-25)8-9-17(26)27;/h13,15-16,20,23,30H,1-12,14H2,(H,21,28)(H,26,27)(H2,22,24,29);/q-1;/t15?,16-;/m0./s1. The average molecular weight is 536 g/mol. The Hall–Kier alpha value is -0.746. The first-order valence-corrected chi connectivity index (χ1v) is 10.9. The maximum atomic E-state index is 12.1. The van der Waals surface area contributed by atoms with Gasteiger partial charge in [0.2, 0.25) is 5.91 Å². The Morgan fingerprint density at radius 3 is 2.19 bits per heavy atom. The van der Waals surface area contributed by atoms with E-state index in [-0.39, 0.29) is 57.4 Å². The summed E-state index contributed by atoms with van der Waals surface area (Å²) in [6.45, 7) is 1.87. The van der Waals surface area contributed by atoms with Gasteiger partial charge in [0, 0.05) is 63.9 Å². The summed E-state index contributed by atoms with van der Waals surface area (Å²) in [5, 5.41) is 17.0. The zero-order valence-corrected chi connectivity index (χ0v) is 21.8. The Morgan fingerprint density at radius 1 is 0.968 bits per heavy atom. The van der Waals surface area contributed by atoms with E-state index >= 15 is 0 Å². The number of rotatable bonds is 19. The molecule has 177 valence electrons. The molecule has 0 aliphatic heterocycles. The molecule has 1 radical (unpaired) electrons. The molecule has 0 aliphatic rings. The van der Waals surface area contributed by atoms with Crippen molar-refractivity contribution in [3.05, 3.63) is 7.05 Å². The molecular weight excluding hydrogens is 499 g/mol. The second kappa shape index (κ2) is 22.4. The molecule has 0 saturated heterocycles. The van der Waals surface area contributed by atoms with Gasteiger partial charge in [-0.15, -0.1) is 0 Å². The van der Waals surface area contributed by atoms with Crippen LogP contribution >= 0.6 is 12.6 Å². The number of urea groups is 1. The molecule has 0 aromatic carbocycles. The van der Waals surface area contributed by atoms with Crippen molar-refractivity contribution in [2.45, 2.75) is 57.4 Å². The number of unbranched alkanes of at least 4 members (excludes halogenated alkanes) is 3. The van der Waals surface area contributed by atoms with E-state index in [4.69, 9.17) is 5.11 Å². The van der Waals surface area contributed by atoms with E-state index in [1.54, 1.807) is 0 Å². The van der Waals surface area contributed by atoms with Crippen molar-refractivity contribution in [1.29, 1.82) is 0 Å². The van der Waals surface area contributed by atoms with Gasteiger partial charge in [-0.05, 0) is 45.1 Å². The number of thiol groups is 1. The number of carbonyl (C=O) groups is 4. The molecule has 1 unspecified atom stereocenters. The molecule has 0 rings (SSSR count). The number of carboxylic acid groups (broad SMARTS) is 1. The van der Waals surface area contributed by atoms with E-state index in [1.807, 2.05) is 0 Å². The van der Waals surface area contributed by atoms with Crippen LogP contribution in [0.3, 0.4) is 0 Å². The van der Waals surface area contributed by atoms with Crippen LogP contribution in [0.1, 0.15) is 51.4 Å². The fraction of sp³-hybridized carbons (Fsp3) is 0.737. The Bertz CT molecular complexity index is 516. The maximum absolute atomic E-state index is 12.1. The summed E-state index contributed by atoms with van der Waals surface area (Å²) >= 11 is 4.26. The summed E-state index contributed by atoms with van der Waals surface area (Å²) in [5.41, 5.74) is 4.80. The van der Waals surface area contributed by atoms with Gasteiger partial charge in [-0.25, -0.2) is 10.2 Å². The molecule has 0 fully saturated rings. The van der Waals surface area contributed by atoms with Crippen LogP contribution in [0.2, 0.25) is 0 Å². The second-order valence-electron chi connectivity index (χ2n) is 6.93. The maximum Gasteiger partial charge on any atom is 0.329 e. The van der Waals surface area contributed by atoms with Crippen LogP contribution in [0.15, 0.2) is 0 Å². The van der Waals surface area contributed by atoms with Crippen LogP contribution in [-0.4, -0.2) is 60.7 Å². The van der Waals surface area contributed by atoms with Crippen molar-refractivity contribution in [2.24, 2.45) is 5.92 Å². The van der Waals surface area contributed by atoms with Crippen LogP contribution < -0.4 is 26.8 Å². The van der Waals surface area contributed by atoms with Crippen LogP contribution in [0, 0.1) is 13.0 Å². The smallest absolute Gasteiger partial charge is 0.329 e. The second-order valence-corrected chi connectivity index (χ2v) is 7.29. The molecule has 0 heterocycles. The third-order valence-electron chi connectivity index (χ3n) is 4.39. The monoisotopic (exact) mass is 535 g/mol. The molecule has 6 N–H and O–H groups in total. The van der Waals surface area contributed by atoms with E-state index < -0.39 is 18.0 Å². The Morgan fingerprint density at radius 2 is 1.61 bits per heavy atom. The van der Waals surface area contributed by atoms with E-state index in [0.717, 1.165) is 45.1 Å². The van der Waals surface area contributed by atoms with Gasteiger partial charge < -0.3 is 25.9 Å². The Kier molecular flexibility index (Phi) is 23.5. The van der Waals surface area contributed by atoms with Crippen molar-refractivity contribution in [3.8, 4) is 0 Å². The predicted octanol–water partition coefficient (Wildman–Crippen LogP) is 0.604. The number of hydrazine groups is 1. The van der Waals surface area contributed by atoms with Crippen molar-refractivity contribution in [3.63, 3.8) is 0 Å². The first-order valence-electron chi connectivity index (χ1n) is 10.3. The van der Waals surface area contributed by atoms with Gasteiger partial charge in [-0.2, -0.15) is 12.6 Å². The number of aliphatic carboxylic acids is 1. The van der Waals surface area contributed by atoms with E-state index in [2.05, 4.69) is 46.5 Å². The van der Waals surface area contributed by atoms with Gasteiger partial charge in [0.15, 0.2) is 0 Å². The third-order valence-corrected chi connectivity index (χ3v) is 4.83. The van der Waals surface area contributed by atoms with Crippen molar-refractivity contribution < 1.29 is 57.0 Å². The number of aldehydes is 1. The van der Waals surface area contributed by atoms with Crippen LogP contribution in [0.5, 0.6) is 0 Å². The van der Waals surface area contributed by atoms with Gasteiger partial charge >= 0.3 is 12.0 Å². The van der Waals surface area contributed by atoms with Crippen molar-refractivity contribution in [1.82, 2.24) is 26.8 Å². The fourth-order valence-corrected chi connectivity index (χ4v) is 2.93. The fourth-order valence-electron chi connectivity index (χ4n) is 2.59. The summed E-state index contributed by atoms with van der Waals surface area (Å²) in [4.78, 5) is 45.1. The van der Waals surface area contributed by atoms with Crippen molar-refractivity contribution >= 4 is 36.8 Å². The molecule has 0 spiro atoms. The zero-order chi connectivity index (χ0) is 22.6. The number of amides is 3. The first kappa shape index (κ1) is 32.4. The average Bonchev–Trinajstić information content (AvgIpc) is 2.72. The number of carbonyl (C=O) groups excluding carboxylic acids is 3. The normalized spacial score (nSPS) is 12.2. The number of carboxylic acids is 1. The number of nitrogens with one attached hydrogen (secondary N) is 5. The van der Waals surface area contributed by atoms with Crippen LogP contribution in [-0.2, 0) is 47.1 Å². The molecule has 12 heteroatoms. The van der Waals surface area contributed by atoms with E-state index in [9.17, 15) is 19.2 Å². The summed E-state index contributed by atoms with van der Waals surface area (Å²) in [5.74, 6) is -0.531. The SMILES string of the molecule is [CH2-]NCCCCC(CS)C(=O)NCCCCCNC(=O)NN[C@H](C=O)CCC(=O)O.[Y]. The molecule has 0 aromatic heterocycles. The van der Waals surface area contributed by atoms with E-state index in [0.29, 0.717) is 25.1 Å². The minimum atomic E-state index is -1.01. The zero-order valence-electron chi connectivity index (χ0n) is 18.0. The summed E-state index contributed by atoms with van der Waals surface area (Å²) in [6.07, 6.45) is 5.61. The van der Waals surface area contributed by atoms with Crippen LogP contribution in [0.25, 0.3) is 0 Å². The molecule has 0 aromatic rings. The topological polar surface area (TPSA) is 149 Å². The van der Waals surface area contributed by atoms with Gasteiger partial charge in [0.1, 0.15) is 6.29 Å². The third kappa shape index (κ3) is 19.6. The first-order chi connectivity index (χ1) is 14.4. The van der Waals surface area contributed by atoms with Gasteiger partial charge in [-0.3, -0.25) is 22.1 Å².